The van der Waals surface area contributed by atoms with Crippen LogP contribution in [0, 0.1) is 6.92 Å². The summed E-state index contributed by atoms with van der Waals surface area (Å²) >= 11 is 0. The molecule has 0 unspecified atom stereocenters. The van der Waals surface area contributed by atoms with E-state index in [-0.39, 0.29) is 0 Å². The molecule has 0 saturated heterocycles. The molecule has 1 aromatic rings. The van der Waals surface area contributed by atoms with Crippen LogP contribution < -0.4 is 0 Å². The van der Waals surface area contributed by atoms with E-state index in [1.807, 2.05) is 25.1 Å². The monoisotopic (exact) mass is 134 g/mol. The summed E-state index contributed by atoms with van der Waals surface area (Å²) in [5.41, 5.74) is 1.92. The van der Waals surface area contributed by atoms with E-state index < -0.39 is 0 Å². The third kappa shape index (κ3) is 1.65. The molecule has 0 aromatic carbocycles. The van der Waals surface area contributed by atoms with Gasteiger partial charge >= 0.3 is 0 Å². The summed E-state index contributed by atoms with van der Waals surface area (Å²) in [4.78, 5) is 0. The van der Waals surface area contributed by atoms with Crippen LogP contribution in [-0.4, -0.2) is 10.2 Å². The molecule has 1 rings (SSSR count). The Morgan fingerprint density at radius 3 is 2.80 bits per heavy atom. The summed E-state index contributed by atoms with van der Waals surface area (Å²) in [7, 11) is 0. The van der Waals surface area contributed by atoms with Crippen LogP contribution in [0.1, 0.15) is 11.4 Å². The molecule has 10 heavy (non-hydrogen) atoms. The summed E-state index contributed by atoms with van der Waals surface area (Å²) in [5, 5.41) is 7.85. The van der Waals surface area contributed by atoms with Gasteiger partial charge in [0.1, 0.15) is 0 Å². The quantitative estimate of drug-likeness (QED) is 0.573. The van der Waals surface area contributed by atoms with Crippen LogP contribution in [0.2, 0.25) is 0 Å². The van der Waals surface area contributed by atoms with Crippen LogP contribution >= 0.6 is 0 Å². The molecular weight excluding hydrogens is 124 g/mol. The van der Waals surface area contributed by atoms with E-state index in [2.05, 4.69) is 16.8 Å². The maximum Gasteiger partial charge on any atom is 0.0668 e. The Balaban J connectivity index is 2.78. The molecule has 52 valence electrons. The van der Waals surface area contributed by atoms with Gasteiger partial charge in [-0.15, -0.1) is 6.58 Å². The molecular formula is C8H10N2. The largest absolute Gasteiger partial charge is 0.156 e. The first-order valence-corrected chi connectivity index (χ1v) is 3.23. The Morgan fingerprint density at radius 1 is 1.50 bits per heavy atom. The normalized spacial score (nSPS) is 9.30. The van der Waals surface area contributed by atoms with E-state index >= 15 is 0 Å². The Labute approximate surface area is 60.6 Å². The Bertz CT molecular complexity index is 213. The zero-order chi connectivity index (χ0) is 7.40. The zero-order valence-corrected chi connectivity index (χ0v) is 6.04. The third-order valence-corrected chi connectivity index (χ3v) is 1.21. The molecule has 0 aliphatic heterocycles. The van der Waals surface area contributed by atoms with Crippen LogP contribution in [0.15, 0.2) is 24.8 Å². The lowest BCUT2D eigenvalue weighted by atomic mass is 10.3. The van der Waals surface area contributed by atoms with Gasteiger partial charge in [0, 0.05) is 6.42 Å². The molecule has 0 amide bonds. The van der Waals surface area contributed by atoms with Crippen molar-refractivity contribution in [2.24, 2.45) is 0 Å². The lowest BCUT2D eigenvalue weighted by Crippen LogP contribution is -1.91. The van der Waals surface area contributed by atoms with Crippen molar-refractivity contribution >= 4 is 0 Å². The first-order chi connectivity index (χ1) is 4.83. The average molecular weight is 134 g/mol. The van der Waals surface area contributed by atoms with Crippen molar-refractivity contribution < 1.29 is 0 Å². The number of hydrogen-bond donors (Lipinski definition) is 0. The highest BCUT2D eigenvalue weighted by Gasteiger charge is 1.89. The highest BCUT2D eigenvalue weighted by molar-refractivity contribution is 5.07. The summed E-state index contributed by atoms with van der Waals surface area (Å²) in [6.45, 7) is 5.53. The Hall–Kier alpha value is -1.18. The second-order valence-corrected chi connectivity index (χ2v) is 2.16. The number of aromatic nitrogens is 2. The summed E-state index contributed by atoms with van der Waals surface area (Å²) < 4.78 is 0. The van der Waals surface area contributed by atoms with Gasteiger partial charge in [0.2, 0.25) is 0 Å². The van der Waals surface area contributed by atoms with Crippen LogP contribution in [0.5, 0.6) is 0 Å². The van der Waals surface area contributed by atoms with Gasteiger partial charge in [-0.3, -0.25) is 0 Å². The Morgan fingerprint density at radius 2 is 2.30 bits per heavy atom. The highest BCUT2D eigenvalue weighted by atomic mass is 15.1. The predicted octanol–water partition coefficient (Wildman–Crippen LogP) is 1.51. The molecule has 0 spiro atoms. The molecule has 1 aromatic heterocycles. The zero-order valence-electron chi connectivity index (χ0n) is 6.04. The van der Waals surface area contributed by atoms with Crippen molar-refractivity contribution in [1.29, 1.82) is 0 Å². The van der Waals surface area contributed by atoms with Gasteiger partial charge in [-0.05, 0) is 19.1 Å². The maximum atomic E-state index is 3.95. The molecule has 2 heteroatoms. The van der Waals surface area contributed by atoms with E-state index in [1.54, 1.807) is 0 Å². The molecule has 0 aliphatic rings. The van der Waals surface area contributed by atoms with Gasteiger partial charge < -0.3 is 0 Å². The third-order valence-electron chi connectivity index (χ3n) is 1.21. The molecule has 0 N–H and O–H groups in total. The fraction of sp³-hybridized carbons (Fsp3) is 0.250. The lowest BCUT2D eigenvalue weighted by Gasteiger charge is -1.92. The van der Waals surface area contributed by atoms with Crippen molar-refractivity contribution in [3.8, 4) is 0 Å². The van der Waals surface area contributed by atoms with Crippen LogP contribution in [-0.2, 0) is 6.42 Å². The van der Waals surface area contributed by atoms with E-state index in [4.69, 9.17) is 0 Å². The van der Waals surface area contributed by atoms with Crippen LogP contribution in [0.3, 0.4) is 0 Å². The number of nitrogens with zero attached hydrogens (tertiary/aromatic N) is 2. The van der Waals surface area contributed by atoms with Gasteiger partial charge in [0.05, 0.1) is 11.4 Å². The molecule has 0 aliphatic carbocycles. The highest BCUT2D eigenvalue weighted by Crippen LogP contribution is 1.95. The van der Waals surface area contributed by atoms with Gasteiger partial charge in [-0.2, -0.15) is 10.2 Å². The fourth-order valence-corrected chi connectivity index (χ4v) is 0.683. The van der Waals surface area contributed by atoms with Crippen LogP contribution in [0.25, 0.3) is 0 Å². The van der Waals surface area contributed by atoms with Crippen molar-refractivity contribution in [3.63, 3.8) is 0 Å². The minimum atomic E-state index is 0.799. The topological polar surface area (TPSA) is 25.8 Å². The molecule has 0 fully saturated rings. The number of hydrogen-bond acceptors (Lipinski definition) is 2. The molecule has 0 bridgehead atoms. The molecule has 1 heterocycles. The van der Waals surface area contributed by atoms with E-state index in [1.165, 1.54) is 0 Å². The second-order valence-electron chi connectivity index (χ2n) is 2.16. The van der Waals surface area contributed by atoms with Crippen LogP contribution in [0.4, 0.5) is 0 Å². The lowest BCUT2D eigenvalue weighted by molar-refractivity contribution is 0.916. The summed E-state index contributed by atoms with van der Waals surface area (Å²) in [6, 6.07) is 3.91. The van der Waals surface area contributed by atoms with E-state index in [0.29, 0.717) is 0 Å². The minimum absolute atomic E-state index is 0.799. The van der Waals surface area contributed by atoms with Crippen molar-refractivity contribution in [2.45, 2.75) is 13.3 Å². The number of allylic oxidation sites excluding steroid dienone is 1. The van der Waals surface area contributed by atoms with Gasteiger partial charge in [-0.1, -0.05) is 6.08 Å². The molecule has 0 radical (unpaired) electrons. The van der Waals surface area contributed by atoms with E-state index in [9.17, 15) is 0 Å². The smallest absolute Gasteiger partial charge is 0.0668 e. The van der Waals surface area contributed by atoms with Crippen molar-refractivity contribution in [3.05, 3.63) is 36.2 Å². The standard InChI is InChI=1S/C8H10N2/c1-3-4-8-6-5-7(2)9-10-8/h3,5-6H,1,4H2,2H3. The van der Waals surface area contributed by atoms with Crippen molar-refractivity contribution in [2.75, 3.05) is 0 Å². The average Bonchev–Trinajstić information content (AvgIpc) is 1.95. The minimum Gasteiger partial charge on any atom is -0.156 e. The van der Waals surface area contributed by atoms with Gasteiger partial charge in [0.15, 0.2) is 0 Å². The summed E-state index contributed by atoms with van der Waals surface area (Å²) in [5.74, 6) is 0. The SMILES string of the molecule is C=CCc1ccc(C)nn1. The summed E-state index contributed by atoms with van der Waals surface area (Å²) in [6.07, 6.45) is 2.62. The molecule has 0 saturated carbocycles. The molecule has 0 atom stereocenters. The first-order valence-electron chi connectivity index (χ1n) is 3.23. The maximum absolute atomic E-state index is 3.95. The predicted molar refractivity (Wildman–Crippen MR) is 40.7 cm³/mol. The van der Waals surface area contributed by atoms with Gasteiger partial charge in [-0.25, -0.2) is 0 Å². The fourth-order valence-electron chi connectivity index (χ4n) is 0.683. The van der Waals surface area contributed by atoms with Gasteiger partial charge in [0.25, 0.3) is 0 Å². The van der Waals surface area contributed by atoms with Crippen molar-refractivity contribution in [1.82, 2.24) is 10.2 Å². The number of aryl methyl sites for hydroxylation is 1. The first kappa shape index (κ1) is 6.93. The second kappa shape index (κ2) is 3.11. The Kier molecular flexibility index (Phi) is 2.15. The molecule has 2 nitrogen and oxygen atoms in total. The van der Waals surface area contributed by atoms with E-state index in [0.717, 1.165) is 17.8 Å². The number of rotatable bonds is 2.